The fourth-order valence-electron chi connectivity index (χ4n) is 5.80. The third-order valence-corrected chi connectivity index (χ3v) is 10.5. The zero-order chi connectivity index (χ0) is 30.4. The largest absolute Gasteiger partial charge is 0.354 e. The highest BCUT2D eigenvalue weighted by Gasteiger charge is 2.39. The minimum Gasteiger partial charge on any atom is -0.354 e. The molecular weight excluding hydrogens is 585 g/mol. The standard InChI is InChI=1S/C30H34FN9O3S/c1-38-12-14-39(15-13-38)25-9-6-21(16-32-25)34-30-35-28-26(24(17-33-28)27(41)19-2-4-20(31)5-3-19)29(36-30)40-11-10-22(18-40)37-44(42,43)23-7-8-23/h2-6,9,16-17,22-23,37H,7-8,10-15,18H2,1H3,(H2,33,34,35,36). The Kier molecular flexibility index (Phi) is 7.42. The number of hydrogen-bond donors (Lipinski definition) is 3. The maximum Gasteiger partial charge on any atom is 0.231 e. The molecule has 3 fully saturated rings. The van der Waals surface area contributed by atoms with Crippen molar-refractivity contribution in [2.75, 3.05) is 61.4 Å². The van der Waals surface area contributed by atoms with E-state index in [1.807, 2.05) is 17.0 Å². The molecule has 2 saturated heterocycles. The Morgan fingerprint density at radius 1 is 0.977 bits per heavy atom. The SMILES string of the molecule is CN1CCN(c2ccc(Nc3nc(N4CCC(NS(=O)(=O)C5CC5)C4)c4c(C(=O)c5ccc(F)cc5)c[nH]c4n3)cn2)CC1. The van der Waals surface area contributed by atoms with Gasteiger partial charge in [-0.05, 0) is 62.7 Å². The number of anilines is 4. The van der Waals surface area contributed by atoms with Gasteiger partial charge in [0, 0.05) is 57.1 Å². The number of carbonyl (C=O) groups is 1. The monoisotopic (exact) mass is 619 g/mol. The highest BCUT2D eigenvalue weighted by atomic mass is 32.2. The first-order valence-electron chi connectivity index (χ1n) is 14.9. The second-order valence-corrected chi connectivity index (χ2v) is 13.7. The van der Waals surface area contributed by atoms with Crippen molar-refractivity contribution in [1.82, 2.24) is 29.6 Å². The van der Waals surface area contributed by atoms with Crippen molar-refractivity contribution in [1.29, 1.82) is 0 Å². The van der Waals surface area contributed by atoms with Crippen molar-refractivity contribution in [3.8, 4) is 0 Å². The molecule has 4 aromatic rings. The Labute approximate surface area is 254 Å². The smallest absolute Gasteiger partial charge is 0.231 e. The minimum atomic E-state index is -3.36. The number of likely N-dealkylation sites (N-methyl/N-ethyl adjacent to an activating group) is 1. The van der Waals surface area contributed by atoms with E-state index in [0.717, 1.165) is 32.0 Å². The predicted octanol–water partition coefficient (Wildman–Crippen LogP) is 2.88. The molecule has 1 aromatic carbocycles. The van der Waals surface area contributed by atoms with Gasteiger partial charge in [-0.15, -0.1) is 0 Å². The van der Waals surface area contributed by atoms with Crippen LogP contribution in [-0.2, 0) is 10.0 Å². The molecule has 5 heterocycles. The van der Waals surface area contributed by atoms with Crippen molar-refractivity contribution in [3.63, 3.8) is 0 Å². The van der Waals surface area contributed by atoms with Crippen LogP contribution in [0, 0.1) is 5.82 Å². The molecular formula is C30H34FN9O3S. The lowest BCUT2D eigenvalue weighted by Crippen LogP contribution is -2.44. The topological polar surface area (TPSA) is 139 Å². The first-order chi connectivity index (χ1) is 21.2. The summed E-state index contributed by atoms with van der Waals surface area (Å²) in [7, 11) is -1.24. The number of carbonyl (C=O) groups excluding carboxylic acids is 1. The van der Waals surface area contributed by atoms with Crippen molar-refractivity contribution in [2.45, 2.75) is 30.6 Å². The Balaban J connectivity index is 1.19. The van der Waals surface area contributed by atoms with Gasteiger partial charge in [0.1, 0.15) is 23.1 Å². The predicted molar refractivity (Wildman–Crippen MR) is 167 cm³/mol. The summed E-state index contributed by atoms with van der Waals surface area (Å²) in [6.45, 7) is 4.74. The summed E-state index contributed by atoms with van der Waals surface area (Å²) in [4.78, 5) is 37.4. The number of rotatable bonds is 9. The average molecular weight is 620 g/mol. The van der Waals surface area contributed by atoms with Crippen LogP contribution >= 0.6 is 0 Å². The Bertz CT molecular complexity index is 1790. The molecule has 3 N–H and O–H groups in total. The van der Waals surface area contributed by atoms with Crippen LogP contribution in [0.15, 0.2) is 48.8 Å². The molecule has 12 nitrogen and oxygen atoms in total. The molecule has 0 amide bonds. The van der Waals surface area contributed by atoms with Gasteiger partial charge in [-0.25, -0.2) is 22.5 Å². The summed E-state index contributed by atoms with van der Waals surface area (Å²) in [6, 6.07) is 9.03. The van der Waals surface area contributed by atoms with Crippen LogP contribution in [0.4, 0.5) is 27.7 Å². The van der Waals surface area contributed by atoms with Gasteiger partial charge in [0.15, 0.2) is 5.78 Å². The van der Waals surface area contributed by atoms with E-state index in [1.54, 1.807) is 12.4 Å². The third kappa shape index (κ3) is 5.84. The van der Waals surface area contributed by atoms with E-state index in [4.69, 9.17) is 4.98 Å². The molecule has 1 saturated carbocycles. The normalized spacial score (nSPS) is 19.5. The van der Waals surface area contributed by atoms with Crippen molar-refractivity contribution in [2.24, 2.45) is 0 Å². The molecule has 44 heavy (non-hydrogen) atoms. The van der Waals surface area contributed by atoms with E-state index >= 15 is 0 Å². The lowest BCUT2D eigenvalue weighted by atomic mass is 10.0. The molecule has 1 aliphatic carbocycles. The maximum atomic E-state index is 13.6. The van der Waals surface area contributed by atoms with E-state index in [1.165, 1.54) is 24.3 Å². The van der Waals surface area contributed by atoms with Gasteiger partial charge in [-0.1, -0.05) is 0 Å². The average Bonchev–Trinajstić information content (AvgIpc) is 3.66. The van der Waals surface area contributed by atoms with Crippen LogP contribution in [0.2, 0.25) is 0 Å². The number of halogens is 1. The molecule has 2 aliphatic heterocycles. The fraction of sp³-hybridized carbons (Fsp3) is 0.400. The number of benzene rings is 1. The van der Waals surface area contributed by atoms with Crippen LogP contribution in [0.1, 0.15) is 35.2 Å². The molecule has 0 radical (unpaired) electrons. The number of nitrogens with zero attached hydrogens (tertiary/aromatic N) is 6. The zero-order valence-electron chi connectivity index (χ0n) is 24.3. The third-order valence-electron chi connectivity index (χ3n) is 8.48. The second-order valence-electron chi connectivity index (χ2n) is 11.7. The van der Waals surface area contributed by atoms with Gasteiger partial charge in [0.25, 0.3) is 0 Å². The number of H-pyrrole nitrogens is 1. The van der Waals surface area contributed by atoms with Crippen molar-refractivity contribution < 1.29 is 17.6 Å². The lowest BCUT2D eigenvalue weighted by molar-refractivity contribution is 0.104. The van der Waals surface area contributed by atoms with E-state index in [9.17, 15) is 17.6 Å². The molecule has 1 unspecified atom stereocenters. The fourth-order valence-corrected chi connectivity index (χ4v) is 7.41. The zero-order valence-corrected chi connectivity index (χ0v) is 25.1. The minimum absolute atomic E-state index is 0.275. The van der Waals surface area contributed by atoms with Crippen LogP contribution < -0.4 is 19.8 Å². The van der Waals surface area contributed by atoms with Gasteiger partial charge in [-0.3, -0.25) is 4.79 Å². The van der Waals surface area contributed by atoms with Gasteiger partial charge >= 0.3 is 0 Å². The molecule has 7 rings (SSSR count). The van der Waals surface area contributed by atoms with Crippen LogP contribution in [-0.4, -0.2) is 96.6 Å². The Morgan fingerprint density at radius 2 is 1.75 bits per heavy atom. The van der Waals surface area contributed by atoms with Crippen LogP contribution in [0.25, 0.3) is 11.0 Å². The number of sulfonamides is 1. The first kappa shape index (κ1) is 28.6. The quantitative estimate of drug-likeness (QED) is 0.240. The van der Waals surface area contributed by atoms with E-state index in [2.05, 4.69) is 41.8 Å². The van der Waals surface area contributed by atoms with Crippen LogP contribution in [0.3, 0.4) is 0 Å². The first-order valence-corrected chi connectivity index (χ1v) is 16.4. The van der Waals surface area contributed by atoms with E-state index in [0.29, 0.717) is 72.0 Å². The summed E-state index contributed by atoms with van der Waals surface area (Å²) in [5.41, 5.74) is 1.85. The van der Waals surface area contributed by atoms with Crippen LogP contribution in [0.5, 0.6) is 0 Å². The van der Waals surface area contributed by atoms with Gasteiger partial charge in [0.2, 0.25) is 16.0 Å². The summed E-state index contributed by atoms with van der Waals surface area (Å²) in [6.07, 6.45) is 5.32. The number of fused-ring (bicyclic) bond motifs is 1. The number of pyridine rings is 1. The number of piperazine rings is 1. The highest BCUT2D eigenvalue weighted by molar-refractivity contribution is 7.90. The number of ketones is 1. The number of aromatic nitrogens is 4. The molecule has 230 valence electrons. The summed E-state index contributed by atoms with van der Waals surface area (Å²) >= 11 is 0. The lowest BCUT2D eigenvalue weighted by Gasteiger charge is -2.33. The summed E-state index contributed by atoms with van der Waals surface area (Å²) in [5, 5.41) is 3.47. The number of hydrogen-bond acceptors (Lipinski definition) is 10. The van der Waals surface area contributed by atoms with Gasteiger partial charge in [-0.2, -0.15) is 9.97 Å². The maximum absolute atomic E-state index is 13.6. The molecule has 0 spiro atoms. The number of nitrogens with one attached hydrogen (secondary N) is 3. The molecule has 1 atom stereocenters. The van der Waals surface area contributed by atoms with Crippen molar-refractivity contribution in [3.05, 3.63) is 65.7 Å². The second kappa shape index (κ2) is 11.4. The molecule has 3 aliphatic rings. The summed E-state index contributed by atoms with van der Waals surface area (Å²) < 4.78 is 41.7. The summed E-state index contributed by atoms with van der Waals surface area (Å²) in [5.74, 6) is 1.01. The molecule has 14 heteroatoms. The highest BCUT2D eigenvalue weighted by Crippen LogP contribution is 2.34. The molecule has 3 aromatic heterocycles. The van der Waals surface area contributed by atoms with E-state index < -0.39 is 15.8 Å². The Morgan fingerprint density at radius 3 is 2.45 bits per heavy atom. The van der Waals surface area contributed by atoms with Gasteiger partial charge < -0.3 is 25.0 Å². The Hall–Kier alpha value is -4.14. The van der Waals surface area contributed by atoms with Gasteiger partial charge in [0.05, 0.1) is 28.1 Å². The molecule has 0 bridgehead atoms. The number of aromatic amines is 1. The van der Waals surface area contributed by atoms with E-state index in [-0.39, 0.29) is 17.1 Å². The van der Waals surface area contributed by atoms with Crippen molar-refractivity contribution >= 4 is 50.1 Å².